The highest BCUT2D eigenvalue weighted by atomic mass is 16.7. The quantitative estimate of drug-likeness (QED) is 0.382. The second-order valence-corrected chi connectivity index (χ2v) is 13.1. The Hall–Kier alpha value is -2.78. The molecule has 0 radical (unpaired) electrons. The van der Waals surface area contributed by atoms with Crippen LogP contribution >= 0.6 is 0 Å². The number of carbonyl (C=O) groups excluding carboxylic acids is 1. The van der Waals surface area contributed by atoms with Crippen molar-refractivity contribution in [3.8, 4) is 0 Å². The lowest BCUT2D eigenvalue weighted by molar-refractivity contribution is -0.253. The van der Waals surface area contributed by atoms with E-state index in [0.29, 0.717) is 22.6 Å². The number of fused-ring (bicyclic) bond motifs is 2. The number of nitrogens with zero attached hydrogens (tertiary/aromatic N) is 1. The van der Waals surface area contributed by atoms with Gasteiger partial charge < -0.3 is 25.0 Å². The molecule has 40 heavy (non-hydrogen) atoms. The molecule has 8 heteroatoms. The number of nitrogens with one attached hydrogen (secondary N) is 1. The fourth-order valence-electron chi connectivity index (χ4n) is 7.25. The van der Waals surface area contributed by atoms with Crippen LogP contribution in [0.1, 0.15) is 88.4 Å². The topological polar surface area (TPSA) is 108 Å². The van der Waals surface area contributed by atoms with Crippen molar-refractivity contribution in [3.05, 3.63) is 65.2 Å². The summed E-state index contributed by atoms with van der Waals surface area (Å²) in [4.78, 5) is 25.4. The Morgan fingerprint density at radius 2 is 1.68 bits per heavy atom. The highest BCUT2D eigenvalue weighted by Gasteiger charge is 2.50. The molecule has 0 aromatic heterocycles. The number of anilines is 1. The van der Waals surface area contributed by atoms with Gasteiger partial charge >= 0.3 is 5.97 Å². The van der Waals surface area contributed by atoms with Crippen molar-refractivity contribution in [2.45, 2.75) is 90.4 Å². The maximum atomic E-state index is 12.1. The molecule has 0 spiro atoms. The van der Waals surface area contributed by atoms with Crippen molar-refractivity contribution in [1.29, 1.82) is 0 Å². The number of aliphatic carboxylic acids is 1. The average Bonchev–Trinajstić information content (AvgIpc) is 3.14. The largest absolute Gasteiger partial charge is 0.481 e. The number of hydrogen-bond donors (Lipinski definition) is 3. The first kappa shape index (κ1) is 28.7. The van der Waals surface area contributed by atoms with Gasteiger partial charge in [0.15, 0.2) is 6.29 Å². The Morgan fingerprint density at radius 1 is 0.975 bits per heavy atom. The van der Waals surface area contributed by atoms with E-state index in [0.717, 1.165) is 36.2 Å². The number of hydrogen-bond acceptors (Lipinski definition) is 6. The van der Waals surface area contributed by atoms with E-state index < -0.39 is 12.3 Å². The molecule has 2 heterocycles. The summed E-state index contributed by atoms with van der Waals surface area (Å²) < 4.78 is 13.1. The van der Waals surface area contributed by atoms with Crippen LogP contribution in [0.15, 0.2) is 48.5 Å². The van der Waals surface area contributed by atoms with Crippen LogP contribution < -0.4 is 5.32 Å². The minimum atomic E-state index is -0.998. The first-order chi connectivity index (χ1) is 19.0. The van der Waals surface area contributed by atoms with Gasteiger partial charge in [0, 0.05) is 43.2 Å². The first-order valence-electron chi connectivity index (χ1n) is 14.4. The molecule has 1 amide bonds. The van der Waals surface area contributed by atoms with E-state index in [1.165, 1.54) is 19.3 Å². The Bertz CT molecular complexity index is 1200. The molecule has 2 aromatic rings. The second kappa shape index (κ2) is 11.6. The zero-order valence-electron chi connectivity index (χ0n) is 23.8. The van der Waals surface area contributed by atoms with E-state index in [2.05, 4.69) is 31.0 Å². The van der Waals surface area contributed by atoms with Crippen LogP contribution in [-0.4, -0.2) is 52.2 Å². The maximum absolute atomic E-state index is 12.1. The van der Waals surface area contributed by atoms with Crippen LogP contribution in [0.2, 0.25) is 0 Å². The van der Waals surface area contributed by atoms with E-state index >= 15 is 0 Å². The summed E-state index contributed by atoms with van der Waals surface area (Å²) in [5.74, 6) is -1.33. The number of ether oxygens (including phenoxy) is 2. The number of benzene rings is 2. The minimum Gasteiger partial charge on any atom is -0.481 e. The fraction of sp³-hybridized carbons (Fsp3) is 0.562. The van der Waals surface area contributed by atoms with Gasteiger partial charge in [0.2, 0.25) is 5.91 Å². The number of carbonyl (C=O) groups is 2. The zero-order valence-corrected chi connectivity index (χ0v) is 23.8. The molecule has 1 saturated carbocycles. The molecule has 3 N–H and O–H groups in total. The Balaban J connectivity index is 1.31. The Labute approximate surface area is 236 Å². The second-order valence-electron chi connectivity index (χ2n) is 13.1. The summed E-state index contributed by atoms with van der Waals surface area (Å²) >= 11 is 0. The smallest absolute Gasteiger partial charge is 0.303 e. The van der Waals surface area contributed by atoms with Gasteiger partial charge in [-0.1, -0.05) is 57.2 Å². The zero-order chi connectivity index (χ0) is 28.5. The fourth-order valence-corrected chi connectivity index (χ4v) is 7.25. The molecule has 5 rings (SSSR count). The highest BCUT2D eigenvalue weighted by molar-refractivity contribution is 5.92. The summed E-state index contributed by atoms with van der Waals surface area (Å²) in [7, 11) is 0. The van der Waals surface area contributed by atoms with Crippen molar-refractivity contribution < 1.29 is 29.3 Å². The molecule has 1 aliphatic carbocycles. The summed E-state index contributed by atoms with van der Waals surface area (Å²) in [5, 5.41) is 21.0. The van der Waals surface area contributed by atoms with Crippen molar-refractivity contribution in [3.63, 3.8) is 0 Å². The van der Waals surface area contributed by atoms with Gasteiger partial charge in [-0.25, -0.2) is 0 Å². The lowest BCUT2D eigenvalue weighted by atomic mass is 9.65. The summed E-state index contributed by atoms with van der Waals surface area (Å²) in [5.41, 5.74) is 4.09. The van der Waals surface area contributed by atoms with E-state index in [4.69, 9.17) is 14.6 Å². The van der Waals surface area contributed by atoms with Gasteiger partial charge in [0.1, 0.15) is 0 Å². The van der Waals surface area contributed by atoms with Gasteiger partial charge in [-0.15, -0.1) is 0 Å². The Kier molecular flexibility index (Phi) is 8.34. The molecule has 3 fully saturated rings. The normalized spacial score (nSPS) is 29.7. The van der Waals surface area contributed by atoms with E-state index in [1.807, 2.05) is 36.4 Å². The van der Waals surface area contributed by atoms with E-state index in [1.54, 1.807) is 12.1 Å². The van der Waals surface area contributed by atoms with Gasteiger partial charge in [0.05, 0.1) is 25.2 Å². The van der Waals surface area contributed by atoms with Crippen LogP contribution in [0.25, 0.3) is 0 Å². The summed E-state index contributed by atoms with van der Waals surface area (Å²) in [6.45, 7) is 9.18. The third kappa shape index (κ3) is 6.92. The number of carboxylic acids is 1. The van der Waals surface area contributed by atoms with Gasteiger partial charge in [-0.2, -0.15) is 0 Å². The lowest BCUT2D eigenvalue weighted by Crippen LogP contribution is -2.42. The van der Waals surface area contributed by atoms with Crippen LogP contribution in [-0.2, 0) is 25.7 Å². The molecule has 2 bridgehead atoms. The molecular weight excluding hydrogens is 508 g/mol. The summed E-state index contributed by atoms with van der Waals surface area (Å²) in [6, 6.07) is 15.9. The van der Waals surface area contributed by atoms with Gasteiger partial charge in [-0.05, 0) is 53.4 Å². The lowest BCUT2D eigenvalue weighted by Gasteiger charge is -2.41. The third-order valence-electron chi connectivity index (χ3n) is 8.61. The number of aliphatic hydroxyl groups excluding tert-OH is 1. The molecule has 2 aromatic carbocycles. The Morgan fingerprint density at radius 3 is 2.35 bits per heavy atom. The van der Waals surface area contributed by atoms with E-state index in [-0.39, 0.29) is 37.6 Å². The number of rotatable bonds is 9. The molecule has 216 valence electrons. The maximum Gasteiger partial charge on any atom is 0.303 e. The van der Waals surface area contributed by atoms with Crippen molar-refractivity contribution in [1.82, 2.24) is 4.90 Å². The van der Waals surface area contributed by atoms with Gasteiger partial charge in [-0.3, -0.25) is 14.5 Å². The number of carboxylic acid groups (broad SMARTS) is 1. The average molecular weight is 551 g/mol. The highest BCUT2D eigenvalue weighted by Crippen LogP contribution is 2.53. The molecule has 2 saturated heterocycles. The SMILES string of the molecule is CC1(C)CC2CC(C)(CN2C[C@H]2C[C@@H](c3ccc(CO)cc3)O[C@@H](c3ccc(NC(=O)CCC(=O)O)cc3)O2)C1. The van der Waals surface area contributed by atoms with Crippen molar-refractivity contribution >= 4 is 17.6 Å². The third-order valence-corrected chi connectivity index (χ3v) is 8.61. The van der Waals surface area contributed by atoms with Crippen molar-refractivity contribution in [2.24, 2.45) is 10.8 Å². The molecular formula is C32H42N2O6. The first-order valence-corrected chi connectivity index (χ1v) is 14.4. The van der Waals surface area contributed by atoms with E-state index in [9.17, 15) is 14.7 Å². The molecule has 2 aliphatic heterocycles. The monoisotopic (exact) mass is 550 g/mol. The van der Waals surface area contributed by atoms with Crippen molar-refractivity contribution in [2.75, 3.05) is 18.4 Å². The summed E-state index contributed by atoms with van der Waals surface area (Å²) in [6.07, 6.45) is 3.45. The number of aliphatic hydroxyl groups is 1. The number of amides is 1. The number of likely N-dealkylation sites (tertiary alicyclic amines) is 1. The molecule has 5 atom stereocenters. The van der Waals surface area contributed by atoms with Crippen LogP contribution in [0, 0.1) is 10.8 Å². The van der Waals surface area contributed by atoms with Crippen LogP contribution in [0.3, 0.4) is 0 Å². The predicted octanol–water partition coefficient (Wildman–Crippen LogP) is 5.43. The van der Waals surface area contributed by atoms with Gasteiger partial charge in [0.25, 0.3) is 0 Å². The minimum absolute atomic E-state index is 0.00479. The molecule has 2 unspecified atom stereocenters. The van der Waals surface area contributed by atoms with Crippen LogP contribution in [0.5, 0.6) is 0 Å². The predicted molar refractivity (Wildman–Crippen MR) is 151 cm³/mol. The molecule has 3 aliphatic rings. The standard InChI is InChI=1S/C32H42N2O6/c1-31(2)15-25-16-32(3,19-31)20-34(25)17-26-14-27(22-6-4-21(18-35)5-7-22)40-30(39-26)23-8-10-24(11-9-23)33-28(36)12-13-29(37)38/h4-11,25-27,30,35H,12-20H2,1-3H3,(H,33,36)(H,37,38)/t25?,26-,27+,30+,32?/m1/s1. The van der Waals surface area contributed by atoms with Crippen LogP contribution in [0.4, 0.5) is 5.69 Å². The molecule has 8 nitrogen and oxygen atoms in total.